The van der Waals surface area contributed by atoms with Crippen LogP contribution in [0, 0.1) is 5.82 Å². The molecule has 0 spiro atoms. The van der Waals surface area contributed by atoms with E-state index >= 15 is 0 Å². The van der Waals surface area contributed by atoms with Crippen LogP contribution in [0.15, 0.2) is 61.2 Å². The van der Waals surface area contributed by atoms with Crippen molar-refractivity contribution >= 4 is 32.5 Å². The van der Waals surface area contributed by atoms with Crippen LogP contribution in [0.3, 0.4) is 0 Å². The van der Waals surface area contributed by atoms with Gasteiger partial charge in [-0.3, -0.25) is 9.78 Å². The van der Waals surface area contributed by atoms with Crippen LogP contribution < -0.4 is 10.6 Å². The molecule has 0 aliphatic heterocycles. The minimum absolute atomic E-state index is 0.210. The lowest BCUT2D eigenvalue weighted by Gasteiger charge is -2.08. The topological polar surface area (TPSA) is 119 Å². The number of fused-ring (bicyclic) bond motifs is 1. The van der Waals surface area contributed by atoms with Gasteiger partial charge in [-0.05, 0) is 35.9 Å². The van der Waals surface area contributed by atoms with E-state index in [1.165, 1.54) is 18.3 Å². The highest BCUT2D eigenvalue weighted by atomic mass is 32.2. The summed E-state index contributed by atoms with van der Waals surface area (Å²) in [6.45, 7) is 0.223. The van der Waals surface area contributed by atoms with Crippen molar-refractivity contribution < 1.29 is 17.6 Å². The minimum atomic E-state index is -3.16. The standard InChI is InChI=1S/C21H19FN6O3S/c1-32(30,31)13-26-20-7-2-14(8-24-20)9-25-21(29)18-10-23-12-19-17(18)11-27-28(19)16-5-3-15(22)4-6-16/h2-8,10-12H,9,13H2,1H3,(H,24,26)(H,25,29). The molecule has 0 fully saturated rings. The molecule has 11 heteroatoms. The van der Waals surface area contributed by atoms with Crippen LogP contribution in [-0.4, -0.2) is 46.2 Å². The van der Waals surface area contributed by atoms with Gasteiger partial charge in [-0.15, -0.1) is 0 Å². The average molecular weight is 454 g/mol. The van der Waals surface area contributed by atoms with Crippen molar-refractivity contribution in [1.82, 2.24) is 25.1 Å². The van der Waals surface area contributed by atoms with E-state index in [0.717, 1.165) is 11.8 Å². The second-order valence-electron chi connectivity index (χ2n) is 7.13. The number of benzene rings is 1. The molecule has 0 aliphatic rings. The quantitative estimate of drug-likeness (QED) is 0.440. The van der Waals surface area contributed by atoms with E-state index < -0.39 is 9.84 Å². The van der Waals surface area contributed by atoms with Gasteiger partial charge in [0.15, 0.2) is 9.84 Å². The molecular weight excluding hydrogens is 435 g/mol. The molecule has 32 heavy (non-hydrogen) atoms. The summed E-state index contributed by atoms with van der Waals surface area (Å²) in [6.07, 6.45) is 7.30. The Labute approximate surface area is 183 Å². The summed E-state index contributed by atoms with van der Waals surface area (Å²) >= 11 is 0. The van der Waals surface area contributed by atoms with Gasteiger partial charge in [0.25, 0.3) is 5.91 Å². The van der Waals surface area contributed by atoms with Gasteiger partial charge in [0.05, 0.1) is 29.2 Å². The first kappa shape index (κ1) is 21.4. The number of nitrogens with zero attached hydrogens (tertiary/aromatic N) is 4. The molecule has 0 unspecified atom stereocenters. The Hall–Kier alpha value is -3.86. The first-order valence-electron chi connectivity index (χ1n) is 9.52. The number of hydrogen-bond acceptors (Lipinski definition) is 7. The molecule has 0 atom stereocenters. The SMILES string of the molecule is CS(=O)(=O)CNc1ccc(CNC(=O)c2cncc3c2cnn3-c2ccc(F)cc2)cn1. The van der Waals surface area contributed by atoms with Crippen LogP contribution in [0.1, 0.15) is 15.9 Å². The lowest BCUT2D eigenvalue weighted by molar-refractivity contribution is 0.0952. The highest BCUT2D eigenvalue weighted by molar-refractivity contribution is 7.90. The number of nitrogens with one attached hydrogen (secondary N) is 2. The Kier molecular flexibility index (Phi) is 5.82. The van der Waals surface area contributed by atoms with Crippen LogP contribution in [0.5, 0.6) is 0 Å². The molecule has 1 aromatic carbocycles. The van der Waals surface area contributed by atoms with Gasteiger partial charge < -0.3 is 10.6 Å². The summed E-state index contributed by atoms with van der Waals surface area (Å²) in [5.41, 5.74) is 2.37. The highest BCUT2D eigenvalue weighted by Crippen LogP contribution is 2.21. The Morgan fingerprint density at radius 3 is 2.53 bits per heavy atom. The van der Waals surface area contributed by atoms with Crippen molar-refractivity contribution in [3.63, 3.8) is 0 Å². The molecule has 1 amide bonds. The van der Waals surface area contributed by atoms with E-state index in [0.29, 0.717) is 28.0 Å². The first-order chi connectivity index (χ1) is 15.3. The van der Waals surface area contributed by atoms with Crippen molar-refractivity contribution in [2.24, 2.45) is 0 Å². The number of amides is 1. The zero-order valence-corrected chi connectivity index (χ0v) is 17.8. The second-order valence-corrected chi connectivity index (χ2v) is 9.27. The molecule has 9 nitrogen and oxygen atoms in total. The predicted molar refractivity (Wildman–Crippen MR) is 118 cm³/mol. The third-order valence-corrected chi connectivity index (χ3v) is 5.27. The van der Waals surface area contributed by atoms with Crippen LogP contribution in [0.2, 0.25) is 0 Å². The van der Waals surface area contributed by atoms with E-state index in [2.05, 4.69) is 25.7 Å². The monoisotopic (exact) mass is 454 g/mol. The molecular formula is C21H19FN6O3S. The summed E-state index contributed by atoms with van der Waals surface area (Å²) in [4.78, 5) is 21.1. The number of rotatable bonds is 7. The molecule has 3 aromatic heterocycles. The molecule has 0 bridgehead atoms. The Morgan fingerprint density at radius 1 is 1.06 bits per heavy atom. The molecule has 4 aromatic rings. The number of sulfone groups is 1. The molecule has 0 aliphatic carbocycles. The summed E-state index contributed by atoms with van der Waals surface area (Å²) in [6, 6.07) is 9.24. The molecule has 3 heterocycles. The van der Waals surface area contributed by atoms with E-state index in [-0.39, 0.29) is 24.1 Å². The van der Waals surface area contributed by atoms with Gasteiger partial charge in [0.2, 0.25) is 0 Å². The number of anilines is 1. The summed E-state index contributed by atoms with van der Waals surface area (Å²) in [7, 11) is -3.16. The minimum Gasteiger partial charge on any atom is -0.356 e. The van der Waals surface area contributed by atoms with Crippen LogP contribution in [0.25, 0.3) is 16.6 Å². The zero-order valence-electron chi connectivity index (χ0n) is 17.0. The normalized spacial score (nSPS) is 11.4. The van der Waals surface area contributed by atoms with Gasteiger partial charge >= 0.3 is 0 Å². The largest absolute Gasteiger partial charge is 0.356 e. The fourth-order valence-corrected chi connectivity index (χ4v) is 3.44. The van der Waals surface area contributed by atoms with Crippen molar-refractivity contribution in [1.29, 1.82) is 0 Å². The second kappa shape index (κ2) is 8.71. The lowest BCUT2D eigenvalue weighted by Crippen LogP contribution is -2.23. The Balaban J connectivity index is 1.47. The third kappa shape index (κ3) is 4.89. The third-order valence-electron chi connectivity index (χ3n) is 4.61. The molecule has 2 N–H and O–H groups in total. The van der Waals surface area contributed by atoms with E-state index in [4.69, 9.17) is 0 Å². The fourth-order valence-electron chi connectivity index (χ4n) is 3.03. The van der Waals surface area contributed by atoms with Crippen molar-refractivity contribution in [3.8, 4) is 5.69 Å². The maximum atomic E-state index is 13.2. The van der Waals surface area contributed by atoms with Gasteiger partial charge in [0.1, 0.15) is 17.5 Å². The number of carbonyl (C=O) groups is 1. The first-order valence-corrected chi connectivity index (χ1v) is 11.6. The number of hydrogen-bond donors (Lipinski definition) is 2. The molecule has 0 saturated heterocycles. The van der Waals surface area contributed by atoms with Gasteiger partial charge in [0, 0.05) is 30.6 Å². The Bertz CT molecular complexity index is 1370. The summed E-state index contributed by atoms with van der Waals surface area (Å²) in [5, 5.41) is 10.5. The highest BCUT2D eigenvalue weighted by Gasteiger charge is 2.15. The Morgan fingerprint density at radius 2 is 1.84 bits per heavy atom. The van der Waals surface area contributed by atoms with E-state index in [1.807, 2.05) is 0 Å². The summed E-state index contributed by atoms with van der Waals surface area (Å²) < 4.78 is 37.2. The maximum absolute atomic E-state index is 13.2. The molecule has 0 saturated carbocycles. The number of carbonyl (C=O) groups excluding carboxylic acids is 1. The average Bonchev–Trinajstić information content (AvgIpc) is 3.21. The van der Waals surface area contributed by atoms with Crippen LogP contribution in [0.4, 0.5) is 10.2 Å². The molecule has 4 rings (SSSR count). The summed E-state index contributed by atoms with van der Waals surface area (Å²) in [5.74, 6) is -0.468. The van der Waals surface area contributed by atoms with Gasteiger partial charge in [-0.1, -0.05) is 6.07 Å². The number of aromatic nitrogens is 4. The van der Waals surface area contributed by atoms with Crippen molar-refractivity contribution in [2.45, 2.75) is 6.54 Å². The van der Waals surface area contributed by atoms with E-state index in [9.17, 15) is 17.6 Å². The smallest absolute Gasteiger partial charge is 0.253 e. The van der Waals surface area contributed by atoms with E-state index in [1.54, 1.807) is 47.5 Å². The molecule has 164 valence electrons. The van der Waals surface area contributed by atoms with Crippen LogP contribution in [-0.2, 0) is 16.4 Å². The number of halogens is 1. The van der Waals surface area contributed by atoms with Gasteiger partial charge in [-0.25, -0.2) is 22.5 Å². The van der Waals surface area contributed by atoms with Crippen molar-refractivity contribution in [2.75, 3.05) is 17.4 Å². The number of pyridine rings is 2. The lowest BCUT2D eigenvalue weighted by atomic mass is 10.1. The molecule has 0 radical (unpaired) electrons. The van der Waals surface area contributed by atoms with Crippen LogP contribution >= 0.6 is 0 Å². The fraction of sp³-hybridized carbons (Fsp3) is 0.143. The zero-order chi connectivity index (χ0) is 22.7. The maximum Gasteiger partial charge on any atom is 0.253 e. The predicted octanol–water partition coefficient (Wildman–Crippen LogP) is 2.30. The van der Waals surface area contributed by atoms with Gasteiger partial charge in [-0.2, -0.15) is 5.10 Å². The van der Waals surface area contributed by atoms with Crippen molar-refractivity contribution in [3.05, 3.63) is 78.1 Å².